The number of phenolic OH excluding ortho intramolecular Hbond substituents is 1. The maximum absolute atomic E-state index is 12.9. The number of rotatable bonds is 0. The van der Waals surface area contributed by atoms with E-state index in [1.54, 1.807) is 0 Å². The monoisotopic (exact) mass is 212 g/mol. The number of benzene rings is 1. The van der Waals surface area contributed by atoms with Crippen molar-refractivity contribution in [3.8, 4) is 5.75 Å². The molecule has 6 heteroatoms. The molecule has 0 fully saturated rings. The van der Waals surface area contributed by atoms with E-state index in [2.05, 4.69) is 0 Å². The molecule has 0 spiro atoms. The fraction of sp³-hybridized carbons (Fsp3) is 0.250. The fourth-order valence-corrected chi connectivity index (χ4v) is 0.965. The van der Waals surface area contributed by atoms with Gasteiger partial charge in [-0.05, 0) is 6.92 Å². The minimum atomic E-state index is -5.10. The van der Waals surface area contributed by atoms with E-state index in [0.717, 1.165) is 6.92 Å². The quantitative estimate of drug-likeness (QED) is 0.655. The second-order valence-electron chi connectivity index (χ2n) is 2.69. The molecule has 0 aliphatic carbocycles. The lowest BCUT2D eigenvalue weighted by molar-refractivity contribution is -0.142. The van der Waals surface area contributed by atoms with Gasteiger partial charge in [0.2, 0.25) is 0 Å². The topological polar surface area (TPSA) is 20.2 Å². The van der Waals surface area contributed by atoms with Crippen LogP contribution in [0, 0.1) is 18.6 Å². The molecule has 0 bridgehead atoms. The third kappa shape index (κ3) is 1.64. The zero-order valence-electron chi connectivity index (χ0n) is 6.91. The van der Waals surface area contributed by atoms with Crippen molar-refractivity contribution in [2.75, 3.05) is 0 Å². The molecular weight excluding hydrogens is 207 g/mol. The van der Waals surface area contributed by atoms with Crippen molar-refractivity contribution in [1.82, 2.24) is 0 Å². The molecule has 0 aliphatic heterocycles. The third-order valence-corrected chi connectivity index (χ3v) is 1.72. The molecule has 1 nitrogen and oxygen atoms in total. The van der Waals surface area contributed by atoms with E-state index < -0.39 is 34.7 Å². The van der Waals surface area contributed by atoms with Gasteiger partial charge in [0.25, 0.3) is 0 Å². The Balaban J connectivity index is 3.53. The Labute approximate surface area is 75.8 Å². The van der Waals surface area contributed by atoms with Crippen LogP contribution in [0.5, 0.6) is 5.75 Å². The number of halogens is 5. The van der Waals surface area contributed by atoms with Crippen molar-refractivity contribution in [3.63, 3.8) is 0 Å². The van der Waals surface area contributed by atoms with Crippen LogP contribution < -0.4 is 0 Å². The lowest BCUT2D eigenvalue weighted by atomic mass is 10.1. The average Bonchev–Trinajstić information content (AvgIpc) is 1.97. The van der Waals surface area contributed by atoms with E-state index in [1.807, 2.05) is 0 Å². The molecule has 0 amide bonds. The van der Waals surface area contributed by atoms with E-state index in [-0.39, 0.29) is 6.07 Å². The highest BCUT2D eigenvalue weighted by atomic mass is 19.4. The highest BCUT2D eigenvalue weighted by molar-refractivity contribution is 5.39. The SMILES string of the molecule is Cc1c(O)cc(F)c(C(F)(F)F)c1F. The zero-order chi connectivity index (χ0) is 11.1. The standard InChI is InChI=1S/C8H5F5O/c1-3-5(14)2-4(9)6(7(3)10)8(11,12)13/h2,14H,1H3. The van der Waals surface area contributed by atoms with E-state index in [4.69, 9.17) is 5.11 Å². The van der Waals surface area contributed by atoms with Crippen LogP contribution in [0.4, 0.5) is 22.0 Å². The molecule has 78 valence electrons. The summed E-state index contributed by atoms with van der Waals surface area (Å²) < 4.78 is 61.7. The third-order valence-electron chi connectivity index (χ3n) is 1.72. The number of phenols is 1. The second kappa shape index (κ2) is 3.11. The maximum atomic E-state index is 12.9. The molecule has 0 radical (unpaired) electrons. The molecule has 0 heterocycles. The van der Waals surface area contributed by atoms with E-state index in [0.29, 0.717) is 0 Å². The van der Waals surface area contributed by atoms with Crippen LogP contribution in [0.3, 0.4) is 0 Å². The predicted octanol–water partition coefficient (Wildman–Crippen LogP) is 3.00. The summed E-state index contributed by atoms with van der Waals surface area (Å²) in [5.74, 6) is -4.44. The molecule has 0 atom stereocenters. The summed E-state index contributed by atoms with van der Waals surface area (Å²) in [6.07, 6.45) is -5.10. The van der Waals surface area contributed by atoms with Crippen LogP contribution >= 0.6 is 0 Å². The number of hydrogen-bond donors (Lipinski definition) is 1. The van der Waals surface area contributed by atoms with Gasteiger partial charge in [-0.2, -0.15) is 13.2 Å². The molecule has 1 N–H and O–H groups in total. The molecule has 0 unspecified atom stereocenters. The first-order chi connectivity index (χ1) is 6.25. The predicted molar refractivity (Wildman–Crippen MR) is 37.8 cm³/mol. The van der Waals surface area contributed by atoms with E-state index >= 15 is 0 Å². The van der Waals surface area contributed by atoms with Crippen LogP contribution in [-0.2, 0) is 6.18 Å². The number of aromatic hydroxyl groups is 1. The van der Waals surface area contributed by atoms with Crippen LogP contribution in [0.15, 0.2) is 6.07 Å². The Morgan fingerprint density at radius 1 is 1.21 bits per heavy atom. The Kier molecular flexibility index (Phi) is 2.39. The number of alkyl halides is 3. The van der Waals surface area contributed by atoms with Gasteiger partial charge in [0.1, 0.15) is 22.9 Å². The van der Waals surface area contributed by atoms with Gasteiger partial charge in [0, 0.05) is 11.6 Å². The Morgan fingerprint density at radius 2 is 1.71 bits per heavy atom. The van der Waals surface area contributed by atoms with Crippen molar-refractivity contribution in [1.29, 1.82) is 0 Å². The van der Waals surface area contributed by atoms with Crippen LogP contribution in [-0.4, -0.2) is 5.11 Å². The van der Waals surface area contributed by atoms with Crippen molar-refractivity contribution < 1.29 is 27.1 Å². The van der Waals surface area contributed by atoms with Crippen LogP contribution in [0.25, 0.3) is 0 Å². The summed E-state index contributed by atoms with van der Waals surface area (Å²) in [4.78, 5) is 0. The summed E-state index contributed by atoms with van der Waals surface area (Å²) in [5, 5.41) is 8.82. The summed E-state index contributed by atoms with van der Waals surface area (Å²) in [5.41, 5.74) is -2.61. The summed E-state index contributed by atoms with van der Waals surface area (Å²) in [6, 6.07) is 0.237. The molecule has 0 aliphatic rings. The molecule has 1 aromatic rings. The van der Waals surface area contributed by atoms with Crippen LogP contribution in [0.2, 0.25) is 0 Å². The second-order valence-corrected chi connectivity index (χ2v) is 2.69. The minimum absolute atomic E-state index is 0.237. The molecule has 14 heavy (non-hydrogen) atoms. The molecule has 0 saturated carbocycles. The fourth-order valence-electron chi connectivity index (χ4n) is 0.965. The lowest BCUT2D eigenvalue weighted by Crippen LogP contribution is -2.12. The van der Waals surface area contributed by atoms with Gasteiger partial charge in [0.15, 0.2) is 0 Å². The van der Waals surface area contributed by atoms with E-state index in [9.17, 15) is 22.0 Å². The highest BCUT2D eigenvalue weighted by Crippen LogP contribution is 2.37. The Hall–Kier alpha value is -1.33. The van der Waals surface area contributed by atoms with Crippen molar-refractivity contribution in [3.05, 3.63) is 28.8 Å². The maximum Gasteiger partial charge on any atom is 0.422 e. The smallest absolute Gasteiger partial charge is 0.422 e. The molecule has 1 aromatic carbocycles. The molecule has 1 rings (SSSR count). The van der Waals surface area contributed by atoms with Crippen molar-refractivity contribution in [2.24, 2.45) is 0 Å². The summed E-state index contributed by atoms with van der Waals surface area (Å²) in [7, 11) is 0. The van der Waals surface area contributed by atoms with Crippen molar-refractivity contribution in [2.45, 2.75) is 13.1 Å². The van der Waals surface area contributed by atoms with Gasteiger partial charge in [-0.15, -0.1) is 0 Å². The highest BCUT2D eigenvalue weighted by Gasteiger charge is 2.38. The summed E-state index contributed by atoms with van der Waals surface area (Å²) in [6.45, 7) is 0.930. The molecular formula is C8H5F5O. The van der Waals surface area contributed by atoms with Crippen molar-refractivity contribution >= 4 is 0 Å². The van der Waals surface area contributed by atoms with Gasteiger partial charge >= 0.3 is 6.18 Å². The average molecular weight is 212 g/mol. The zero-order valence-corrected chi connectivity index (χ0v) is 6.91. The van der Waals surface area contributed by atoms with Gasteiger partial charge in [0.05, 0.1) is 0 Å². The Bertz CT molecular complexity index is 369. The first-order valence-corrected chi connectivity index (χ1v) is 3.50. The first-order valence-electron chi connectivity index (χ1n) is 3.50. The molecule has 0 saturated heterocycles. The van der Waals surface area contributed by atoms with Gasteiger partial charge in [-0.3, -0.25) is 0 Å². The first kappa shape index (κ1) is 10.7. The summed E-state index contributed by atoms with van der Waals surface area (Å²) >= 11 is 0. The minimum Gasteiger partial charge on any atom is -0.507 e. The number of hydrogen-bond acceptors (Lipinski definition) is 1. The largest absolute Gasteiger partial charge is 0.507 e. The normalized spacial score (nSPS) is 11.9. The Morgan fingerprint density at radius 3 is 2.14 bits per heavy atom. The molecule has 0 aromatic heterocycles. The van der Waals surface area contributed by atoms with E-state index in [1.165, 1.54) is 0 Å². The van der Waals surface area contributed by atoms with Gasteiger partial charge in [-0.25, -0.2) is 8.78 Å². The van der Waals surface area contributed by atoms with Gasteiger partial charge in [-0.1, -0.05) is 0 Å². The van der Waals surface area contributed by atoms with Gasteiger partial charge < -0.3 is 5.11 Å². The van der Waals surface area contributed by atoms with Crippen LogP contribution in [0.1, 0.15) is 11.1 Å². The lowest BCUT2D eigenvalue weighted by Gasteiger charge is -2.11.